The maximum Gasteiger partial charge on any atom is 0.364 e. The van der Waals surface area contributed by atoms with E-state index in [1.54, 1.807) is 0 Å². The Hall–Kier alpha value is -1.67. The molecule has 4 nitrogen and oxygen atoms in total. The molecular weight excluding hydrogens is 401 g/mol. The third-order valence-electron chi connectivity index (χ3n) is 3.08. The molecule has 1 aromatic carbocycles. The van der Waals surface area contributed by atoms with E-state index in [0.29, 0.717) is 0 Å². The molecule has 1 aromatic heterocycles. The molecule has 0 fully saturated rings. The van der Waals surface area contributed by atoms with Gasteiger partial charge in [-0.1, -0.05) is 27.5 Å². The summed E-state index contributed by atoms with van der Waals surface area (Å²) in [5.41, 5.74) is -0.756. The summed E-state index contributed by atoms with van der Waals surface area (Å²) in [4.78, 5) is 19.3. The minimum absolute atomic E-state index is 0.0465. The van der Waals surface area contributed by atoms with Crippen molar-refractivity contribution in [3.05, 3.63) is 51.8 Å². The van der Waals surface area contributed by atoms with Gasteiger partial charge in [-0.25, -0.2) is 22.9 Å². The molecule has 2 rings (SSSR count). The predicted molar refractivity (Wildman–Crippen MR) is 80.7 cm³/mol. The molecule has 0 spiro atoms. The van der Waals surface area contributed by atoms with Crippen LogP contribution in [0.5, 0.6) is 5.75 Å². The molecule has 0 aliphatic rings. The Kier molecular flexibility index (Phi) is 5.59. The Balaban J connectivity index is 2.55. The second-order valence-corrected chi connectivity index (χ2v) is 5.33. The second-order valence-electron chi connectivity index (χ2n) is 4.39. The van der Waals surface area contributed by atoms with Crippen LogP contribution in [0.2, 0.25) is 5.02 Å². The van der Waals surface area contributed by atoms with Gasteiger partial charge in [0, 0.05) is 17.7 Å². The fourth-order valence-corrected chi connectivity index (χ4v) is 3.08. The highest BCUT2D eigenvalue weighted by Crippen LogP contribution is 2.41. The molecule has 0 N–H and O–H groups in total. The summed E-state index contributed by atoms with van der Waals surface area (Å²) in [5, 5.41) is -0.308. The average molecular weight is 410 g/mol. The lowest BCUT2D eigenvalue weighted by Crippen LogP contribution is -2.15. The number of aromatic nitrogens is 2. The summed E-state index contributed by atoms with van der Waals surface area (Å²) in [6.07, 6.45) is 0.550. The van der Waals surface area contributed by atoms with Gasteiger partial charge in [0.05, 0.1) is 16.8 Å². The Bertz CT molecular complexity index is 745. The number of esters is 1. The number of rotatable bonds is 4. The molecule has 0 aliphatic carbocycles. The van der Waals surface area contributed by atoms with Crippen molar-refractivity contribution in [3.63, 3.8) is 0 Å². The number of halogens is 5. The first-order chi connectivity index (χ1) is 10.9. The normalized spacial score (nSPS) is 10.9. The molecule has 0 radical (unpaired) electrons. The van der Waals surface area contributed by atoms with E-state index >= 15 is 0 Å². The molecule has 0 atom stereocenters. The molecular formula is C14H9BrClF3N2O2. The van der Waals surface area contributed by atoms with Crippen molar-refractivity contribution in [1.82, 2.24) is 9.97 Å². The van der Waals surface area contributed by atoms with Gasteiger partial charge in [-0.05, 0) is 18.1 Å². The Morgan fingerprint density at radius 1 is 1.43 bits per heavy atom. The van der Waals surface area contributed by atoms with Crippen LogP contribution in [0.15, 0.2) is 18.6 Å². The largest absolute Gasteiger partial charge is 0.418 e. The van der Waals surface area contributed by atoms with Crippen LogP contribution in [-0.4, -0.2) is 15.9 Å². The first kappa shape index (κ1) is 17.7. The highest BCUT2D eigenvalue weighted by atomic mass is 79.9. The van der Waals surface area contributed by atoms with E-state index < -0.39 is 29.5 Å². The molecule has 0 saturated heterocycles. The van der Waals surface area contributed by atoms with Crippen LogP contribution in [0.4, 0.5) is 13.2 Å². The predicted octanol–water partition coefficient (Wildman–Crippen LogP) is 4.63. The zero-order valence-corrected chi connectivity index (χ0v) is 14.0. The maximum absolute atomic E-state index is 14.3. The van der Waals surface area contributed by atoms with Gasteiger partial charge in [0.2, 0.25) is 0 Å². The summed E-state index contributed by atoms with van der Waals surface area (Å²) >= 11 is 8.91. The summed E-state index contributed by atoms with van der Waals surface area (Å²) in [5.74, 6) is -3.23. The zero-order valence-electron chi connectivity index (χ0n) is 11.6. The smallest absolute Gasteiger partial charge is 0.364 e. The second kappa shape index (κ2) is 7.27. The number of ether oxygens (including phenoxy) is 1. The fourth-order valence-electron chi connectivity index (χ4n) is 1.92. The highest BCUT2D eigenvalue weighted by molar-refractivity contribution is 9.08. The molecule has 9 heteroatoms. The number of carbonyl (C=O) groups is 1. The van der Waals surface area contributed by atoms with Crippen molar-refractivity contribution in [2.24, 2.45) is 0 Å². The minimum Gasteiger partial charge on any atom is -0.418 e. The number of alkyl halides is 3. The van der Waals surface area contributed by atoms with E-state index in [2.05, 4.69) is 25.9 Å². The van der Waals surface area contributed by atoms with Crippen molar-refractivity contribution >= 4 is 33.5 Å². The quantitative estimate of drug-likeness (QED) is 0.420. The molecule has 0 unspecified atom stereocenters. The summed E-state index contributed by atoms with van der Waals surface area (Å²) in [6, 6.07) is 0. The van der Waals surface area contributed by atoms with Gasteiger partial charge in [0.15, 0.2) is 17.3 Å². The topological polar surface area (TPSA) is 52.1 Å². The lowest BCUT2D eigenvalue weighted by Gasteiger charge is -2.17. The van der Waals surface area contributed by atoms with Crippen molar-refractivity contribution in [2.45, 2.75) is 18.7 Å². The van der Waals surface area contributed by atoms with Crippen LogP contribution in [0.25, 0.3) is 0 Å². The van der Waals surface area contributed by atoms with Gasteiger partial charge in [-0.3, -0.25) is 4.98 Å². The standard InChI is InChI=1S/C14H9BrClF3N2O2/c1-6-7(4-15)10(16)11(17)12(9(6)13(18)19)23-14(22)8-5-20-2-3-21-8/h2-3,5,13H,4H2,1H3. The monoisotopic (exact) mass is 408 g/mol. The average Bonchev–Trinajstić information content (AvgIpc) is 2.53. The van der Waals surface area contributed by atoms with Crippen LogP contribution in [-0.2, 0) is 5.33 Å². The highest BCUT2D eigenvalue weighted by Gasteiger charge is 2.29. The molecule has 2 aromatic rings. The van der Waals surface area contributed by atoms with Crippen LogP contribution >= 0.6 is 27.5 Å². The molecule has 0 amide bonds. The van der Waals surface area contributed by atoms with E-state index in [1.165, 1.54) is 19.3 Å². The molecule has 122 valence electrons. The summed E-state index contributed by atoms with van der Waals surface area (Å²) < 4.78 is 45.8. The van der Waals surface area contributed by atoms with E-state index in [0.717, 1.165) is 6.20 Å². The van der Waals surface area contributed by atoms with Crippen LogP contribution < -0.4 is 4.74 Å². The molecule has 0 bridgehead atoms. The van der Waals surface area contributed by atoms with Crippen molar-refractivity contribution in [2.75, 3.05) is 0 Å². The molecule has 0 saturated carbocycles. The first-order valence-electron chi connectivity index (χ1n) is 6.21. The van der Waals surface area contributed by atoms with Crippen molar-refractivity contribution < 1.29 is 22.7 Å². The van der Waals surface area contributed by atoms with Gasteiger partial charge in [0.25, 0.3) is 6.43 Å². The van der Waals surface area contributed by atoms with Gasteiger partial charge in [-0.2, -0.15) is 0 Å². The molecule has 1 heterocycles. The fraction of sp³-hybridized carbons (Fsp3) is 0.214. The number of carbonyl (C=O) groups excluding carboxylic acids is 1. The van der Waals surface area contributed by atoms with Gasteiger partial charge in [0.1, 0.15) is 0 Å². The van der Waals surface area contributed by atoms with Crippen LogP contribution in [0.3, 0.4) is 0 Å². The third-order valence-corrected chi connectivity index (χ3v) is 4.03. The van der Waals surface area contributed by atoms with E-state index in [4.69, 9.17) is 16.3 Å². The lowest BCUT2D eigenvalue weighted by molar-refractivity contribution is 0.0707. The van der Waals surface area contributed by atoms with Crippen molar-refractivity contribution in [1.29, 1.82) is 0 Å². The van der Waals surface area contributed by atoms with Gasteiger partial charge in [-0.15, -0.1) is 0 Å². The number of benzene rings is 1. The lowest BCUT2D eigenvalue weighted by atomic mass is 10.0. The van der Waals surface area contributed by atoms with Crippen LogP contribution in [0, 0.1) is 12.7 Å². The Morgan fingerprint density at radius 2 is 2.13 bits per heavy atom. The first-order valence-corrected chi connectivity index (χ1v) is 7.71. The Morgan fingerprint density at radius 3 is 2.65 bits per heavy atom. The number of hydrogen-bond donors (Lipinski definition) is 0. The third kappa shape index (κ3) is 3.48. The molecule has 23 heavy (non-hydrogen) atoms. The summed E-state index contributed by atoms with van der Waals surface area (Å²) in [7, 11) is 0. The number of hydrogen-bond acceptors (Lipinski definition) is 4. The van der Waals surface area contributed by atoms with E-state index in [1.807, 2.05) is 0 Å². The maximum atomic E-state index is 14.3. The van der Waals surface area contributed by atoms with Gasteiger partial charge >= 0.3 is 5.97 Å². The van der Waals surface area contributed by atoms with E-state index in [-0.39, 0.29) is 27.2 Å². The van der Waals surface area contributed by atoms with Crippen molar-refractivity contribution in [3.8, 4) is 5.75 Å². The SMILES string of the molecule is Cc1c(CBr)c(Cl)c(F)c(OC(=O)c2cnccn2)c1C(F)F. The Labute approximate surface area is 142 Å². The van der Waals surface area contributed by atoms with E-state index in [9.17, 15) is 18.0 Å². The summed E-state index contributed by atoms with van der Waals surface area (Å²) in [6.45, 7) is 1.35. The van der Waals surface area contributed by atoms with Gasteiger partial charge < -0.3 is 4.74 Å². The van der Waals surface area contributed by atoms with Crippen LogP contribution in [0.1, 0.15) is 33.6 Å². The minimum atomic E-state index is -3.05. The number of nitrogens with zero attached hydrogens (tertiary/aromatic N) is 2. The molecule has 0 aliphatic heterocycles. The zero-order chi connectivity index (χ0) is 17.1.